The Balaban J connectivity index is 1.15. The van der Waals surface area contributed by atoms with E-state index >= 15 is 0 Å². The van der Waals surface area contributed by atoms with Crippen molar-refractivity contribution in [2.45, 2.75) is 32.4 Å². The van der Waals surface area contributed by atoms with Crippen LogP contribution in [0.2, 0.25) is 0 Å². The molecule has 1 fully saturated rings. The van der Waals surface area contributed by atoms with E-state index in [2.05, 4.69) is 10.3 Å². The predicted octanol–water partition coefficient (Wildman–Crippen LogP) is 4.26. The summed E-state index contributed by atoms with van der Waals surface area (Å²) in [6, 6.07) is 20.6. The van der Waals surface area contributed by atoms with Crippen molar-refractivity contribution in [1.29, 1.82) is 0 Å². The van der Waals surface area contributed by atoms with Crippen molar-refractivity contribution in [2.24, 2.45) is 0 Å². The van der Waals surface area contributed by atoms with Crippen LogP contribution in [0.4, 0.5) is 0 Å². The summed E-state index contributed by atoms with van der Waals surface area (Å²) in [5.41, 5.74) is 4.12. The van der Waals surface area contributed by atoms with Crippen LogP contribution in [-0.2, 0) is 6.61 Å². The molecule has 0 saturated carbocycles. The molecule has 0 radical (unpaired) electrons. The SMILES string of the molecule is Cc1ccc2nc(COc3cccc(C(=O)N4CCC(NC(=O)c5ccccc5)CC4)c3)cn2c1. The number of imidazole rings is 1. The van der Waals surface area contributed by atoms with Crippen molar-refractivity contribution in [3.63, 3.8) is 0 Å². The highest BCUT2D eigenvalue weighted by molar-refractivity contribution is 5.95. The van der Waals surface area contributed by atoms with Crippen molar-refractivity contribution in [1.82, 2.24) is 19.6 Å². The summed E-state index contributed by atoms with van der Waals surface area (Å²) in [5.74, 6) is 0.543. The van der Waals surface area contributed by atoms with E-state index in [1.165, 1.54) is 0 Å². The minimum Gasteiger partial charge on any atom is -0.487 e. The first-order valence-corrected chi connectivity index (χ1v) is 11.9. The minimum atomic E-state index is -0.0685. The number of piperidine rings is 1. The molecule has 1 N–H and O–H groups in total. The number of nitrogens with one attached hydrogen (secondary N) is 1. The number of ether oxygens (including phenoxy) is 1. The number of benzene rings is 2. The largest absolute Gasteiger partial charge is 0.487 e. The molecule has 7 heteroatoms. The summed E-state index contributed by atoms with van der Waals surface area (Å²) in [6.45, 7) is 3.57. The number of nitrogens with zero attached hydrogens (tertiary/aromatic N) is 3. The van der Waals surface area contributed by atoms with Crippen LogP contribution in [0.3, 0.4) is 0 Å². The van der Waals surface area contributed by atoms with E-state index in [9.17, 15) is 9.59 Å². The van der Waals surface area contributed by atoms with Crippen molar-refractivity contribution < 1.29 is 14.3 Å². The van der Waals surface area contributed by atoms with Gasteiger partial charge in [-0.05, 0) is 61.7 Å². The van der Waals surface area contributed by atoms with Gasteiger partial charge in [-0.3, -0.25) is 9.59 Å². The summed E-state index contributed by atoms with van der Waals surface area (Å²) < 4.78 is 7.92. The van der Waals surface area contributed by atoms with Crippen LogP contribution in [0, 0.1) is 6.92 Å². The fraction of sp³-hybridized carbons (Fsp3) is 0.250. The summed E-state index contributed by atoms with van der Waals surface area (Å²) in [4.78, 5) is 31.9. The smallest absolute Gasteiger partial charge is 0.253 e. The van der Waals surface area contributed by atoms with Gasteiger partial charge in [0.2, 0.25) is 0 Å². The van der Waals surface area contributed by atoms with E-state index in [0.29, 0.717) is 36.6 Å². The third kappa shape index (κ3) is 5.35. The van der Waals surface area contributed by atoms with E-state index in [4.69, 9.17) is 4.74 Å². The van der Waals surface area contributed by atoms with Crippen LogP contribution in [-0.4, -0.2) is 45.2 Å². The maximum Gasteiger partial charge on any atom is 0.253 e. The molecule has 0 bridgehead atoms. The molecule has 0 spiro atoms. The zero-order valence-electron chi connectivity index (χ0n) is 19.7. The molecule has 1 aliphatic heterocycles. The molecule has 178 valence electrons. The highest BCUT2D eigenvalue weighted by Crippen LogP contribution is 2.19. The molecule has 0 unspecified atom stereocenters. The molecule has 5 rings (SSSR count). The molecule has 3 heterocycles. The Labute approximate surface area is 204 Å². The number of carbonyl (C=O) groups excluding carboxylic acids is 2. The average molecular weight is 469 g/mol. The van der Waals surface area contributed by atoms with Crippen LogP contribution in [0.1, 0.15) is 44.8 Å². The Morgan fingerprint density at radius 3 is 2.54 bits per heavy atom. The quantitative estimate of drug-likeness (QED) is 0.459. The first kappa shape index (κ1) is 22.7. The van der Waals surface area contributed by atoms with Gasteiger partial charge in [0.15, 0.2) is 0 Å². The Morgan fingerprint density at radius 2 is 1.74 bits per heavy atom. The standard InChI is InChI=1S/C28H28N4O3/c1-20-10-11-26-29-24(18-32(26)17-20)19-35-25-9-5-8-22(16-25)28(34)31-14-12-23(13-15-31)30-27(33)21-6-3-2-4-7-21/h2-11,16-18,23H,12-15,19H2,1H3,(H,30,33). The highest BCUT2D eigenvalue weighted by Gasteiger charge is 2.25. The normalized spacial score (nSPS) is 14.1. The van der Waals surface area contributed by atoms with Crippen LogP contribution in [0.25, 0.3) is 5.65 Å². The molecule has 1 aliphatic rings. The second-order valence-corrected chi connectivity index (χ2v) is 8.93. The molecular formula is C28H28N4O3. The fourth-order valence-corrected chi connectivity index (χ4v) is 4.37. The number of aryl methyl sites for hydroxylation is 1. The number of pyridine rings is 1. The van der Waals surface area contributed by atoms with Crippen molar-refractivity contribution in [3.8, 4) is 5.75 Å². The Kier molecular flexibility index (Phi) is 6.48. The van der Waals surface area contributed by atoms with E-state index < -0.39 is 0 Å². The summed E-state index contributed by atoms with van der Waals surface area (Å²) in [6.07, 6.45) is 5.45. The lowest BCUT2D eigenvalue weighted by Gasteiger charge is -2.32. The number of rotatable bonds is 6. The molecule has 1 saturated heterocycles. The van der Waals surface area contributed by atoms with Gasteiger partial charge in [-0.25, -0.2) is 4.98 Å². The fourth-order valence-electron chi connectivity index (χ4n) is 4.37. The number of hydrogen-bond donors (Lipinski definition) is 1. The lowest BCUT2D eigenvalue weighted by molar-refractivity contribution is 0.0697. The molecule has 4 aromatic rings. The molecule has 0 aliphatic carbocycles. The maximum atomic E-state index is 13.1. The van der Waals surface area contributed by atoms with Crippen LogP contribution in [0.5, 0.6) is 5.75 Å². The number of hydrogen-bond acceptors (Lipinski definition) is 4. The predicted molar refractivity (Wildman–Crippen MR) is 134 cm³/mol. The number of likely N-dealkylation sites (tertiary alicyclic amines) is 1. The number of carbonyl (C=O) groups is 2. The second-order valence-electron chi connectivity index (χ2n) is 8.93. The van der Waals surface area contributed by atoms with Crippen LogP contribution >= 0.6 is 0 Å². The molecular weight excluding hydrogens is 440 g/mol. The summed E-state index contributed by atoms with van der Waals surface area (Å²) in [5, 5.41) is 3.08. The average Bonchev–Trinajstić information content (AvgIpc) is 3.30. The van der Waals surface area contributed by atoms with Crippen molar-refractivity contribution >= 4 is 17.5 Å². The van der Waals surface area contributed by atoms with Crippen molar-refractivity contribution in [3.05, 3.63) is 102 Å². The van der Waals surface area contributed by atoms with Gasteiger partial charge < -0.3 is 19.4 Å². The van der Waals surface area contributed by atoms with E-state index in [1.807, 2.05) is 77.1 Å². The molecule has 35 heavy (non-hydrogen) atoms. The topological polar surface area (TPSA) is 75.9 Å². The van der Waals surface area contributed by atoms with Gasteiger partial charge in [-0.1, -0.05) is 30.3 Å². The summed E-state index contributed by atoms with van der Waals surface area (Å²) in [7, 11) is 0. The number of aromatic nitrogens is 2. The lowest BCUT2D eigenvalue weighted by atomic mass is 10.0. The molecule has 2 aromatic heterocycles. The van der Waals surface area contributed by atoms with Crippen LogP contribution in [0.15, 0.2) is 79.1 Å². The van der Waals surface area contributed by atoms with Gasteiger partial charge in [-0.2, -0.15) is 0 Å². The van der Waals surface area contributed by atoms with Gasteiger partial charge in [0.05, 0.1) is 5.69 Å². The third-order valence-electron chi connectivity index (χ3n) is 6.27. The third-order valence-corrected chi connectivity index (χ3v) is 6.27. The van der Waals surface area contributed by atoms with E-state index in [0.717, 1.165) is 29.7 Å². The van der Waals surface area contributed by atoms with Gasteiger partial charge in [0.1, 0.15) is 18.0 Å². The van der Waals surface area contributed by atoms with E-state index in [-0.39, 0.29) is 17.9 Å². The summed E-state index contributed by atoms with van der Waals surface area (Å²) >= 11 is 0. The minimum absolute atomic E-state index is 0.0218. The molecule has 7 nitrogen and oxygen atoms in total. The molecule has 0 atom stereocenters. The molecule has 2 aromatic carbocycles. The number of fused-ring (bicyclic) bond motifs is 1. The Hall–Kier alpha value is -4.13. The lowest BCUT2D eigenvalue weighted by Crippen LogP contribution is -2.46. The van der Waals surface area contributed by atoms with Crippen molar-refractivity contribution in [2.75, 3.05) is 13.1 Å². The maximum absolute atomic E-state index is 13.1. The zero-order valence-corrected chi connectivity index (χ0v) is 19.7. The first-order chi connectivity index (χ1) is 17.0. The van der Waals surface area contributed by atoms with E-state index in [1.54, 1.807) is 18.2 Å². The first-order valence-electron chi connectivity index (χ1n) is 11.9. The molecule has 2 amide bonds. The Bertz CT molecular complexity index is 1340. The highest BCUT2D eigenvalue weighted by atomic mass is 16.5. The van der Waals surface area contributed by atoms with Crippen LogP contribution < -0.4 is 10.1 Å². The monoisotopic (exact) mass is 468 g/mol. The van der Waals surface area contributed by atoms with Gasteiger partial charge in [0, 0.05) is 42.7 Å². The van der Waals surface area contributed by atoms with Gasteiger partial charge in [0.25, 0.3) is 11.8 Å². The van der Waals surface area contributed by atoms with Gasteiger partial charge in [-0.15, -0.1) is 0 Å². The Morgan fingerprint density at radius 1 is 0.971 bits per heavy atom. The second kappa shape index (κ2) is 10.0. The van der Waals surface area contributed by atoms with Gasteiger partial charge >= 0.3 is 0 Å². The zero-order chi connectivity index (χ0) is 24.2. The number of amides is 2.